The van der Waals surface area contributed by atoms with Crippen molar-refractivity contribution < 1.29 is 24.3 Å². The van der Waals surface area contributed by atoms with Gasteiger partial charge in [-0.05, 0) is 54.8 Å². The molecule has 0 unspecified atom stereocenters. The van der Waals surface area contributed by atoms with E-state index in [1.54, 1.807) is 25.1 Å². The first-order chi connectivity index (χ1) is 19.8. The van der Waals surface area contributed by atoms with Crippen LogP contribution in [0, 0.1) is 11.7 Å². The first-order valence-electron chi connectivity index (χ1n) is 13.3. The quantitative estimate of drug-likeness (QED) is 0.0986. The Morgan fingerprint density at radius 1 is 1.05 bits per heavy atom. The van der Waals surface area contributed by atoms with Crippen molar-refractivity contribution >= 4 is 28.5 Å². The number of hydrogen-bond acceptors (Lipinski definition) is 6. The van der Waals surface area contributed by atoms with E-state index in [-0.39, 0.29) is 30.0 Å². The maximum absolute atomic E-state index is 13.6. The molecule has 0 aliphatic heterocycles. The van der Waals surface area contributed by atoms with Crippen LogP contribution in [-0.2, 0) is 22.6 Å². The highest BCUT2D eigenvalue weighted by atomic mass is 19.1. The number of aryl methyl sites for hydroxylation is 1. The number of aromatic nitrogens is 2. The number of carboxylic acid groups (broad SMARTS) is 1. The summed E-state index contributed by atoms with van der Waals surface area (Å²) in [6.45, 7) is 2.12. The van der Waals surface area contributed by atoms with Gasteiger partial charge in [-0.25, -0.2) is 9.37 Å². The van der Waals surface area contributed by atoms with Crippen molar-refractivity contribution in [1.29, 1.82) is 0 Å². The summed E-state index contributed by atoms with van der Waals surface area (Å²) in [5, 5.41) is 25.4. The highest BCUT2D eigenvalue weighted by molar-refractivity contribution is 6.04. The highest BCUT2D eigenvalue weighted by Gasteiger charge is 2.19. The molecule has 0 aliphatic carbocycles. The average Bonchev–Trinajstić information content (AvgIpc) is 2.97. The second kappa shape index (κ2) is 13.5. The van der Waals surface area contributed by atoms with Crippen LogP contribution < -0.4 is 10.9 Å². The number of hydrogen-bond donors (Lipinski definition) is 3. The van der Waals surface area contributed by atoms with Crippen molar-refractivity contribution in [1.82, 2.24) is 14.9 Å². The molecular formula is C31H31FN4O5. The highest BCUT2D eigenvalue weighted by Crippen LogP contribution is 2.19. The lowest BCUT2D eigenvalue weighted by molar-refractivity contribution is -0.137. The van der Waals surface area contributed by atoms with Crippen LogP contribution in [0.3, 0.4) is 0 Å². The molecule has 0 saturated carbocycles. The number of rotatable bonds is 12. The standard InChI is InChI=1S/C31H31FN4O5/c1-20(30(39)33-19-21-7-3-2-4-8-21)17-26(35-41)22-11-16-25-27(18-22)34-28(9-5-6-10-29(37)38)36(31(25)40)24-14-12-23(32)13-15-24/h2-4,7-8,11-16,18,20,41H,5-6,9-10,17,19H2,1H3,(H,33,39)(H,37,38)/b35-26+/t20-/m1/s1. The summed E-state index contributed by atoms with van der Waals surface area (Å²) in [4.78, 5) is 41.9. The van der Waals surface area contributed by atoms with Crippen molar-refractivity contribution in [2.75, 3.05) is 0 Å². The van der Waals surface area contributed by atoms with E-state index in [1.165, 1.54) is 28.8 Å². The number of unbranched alkanes of at least 4 members (excludes halogenated alkanes) is 1. The van der Waals surface area contributed by atoms with Crippen LogP contribution in [0.1, 0.15) is 49.6 Å². The summed E-state index contributed by atoms with van der Waals surface area (Å²) in [6.07, 6.45) is 1.34. The smallest absolute Gasteiger partial charge is 0.303 e. The minimum Gasteiger partial charge on any atom is -0.481 e. The Morgan fingerprint density at radius 2 is 1.78 bits per heavy atom. The van der Waals surface area contributed by atoms with Gasteiger partial charge in [0, 0.05) is 37.3 Å². The fourth-order valence-electron chi connectivity index (χ4n) is 4.55. The lowest BCUT2D eigenvalue weighted by Gasteiger charge is -2.15. The third-order valence-corrected chi connectivity index (χ3v) is 6.78. The van der Waals surface area contributed by atoms with Crippen LogP contribution in [0.25, 0.3) is 16.6 Å². The Bertz CT molecular complexity index is 1620. The number of carbonyl (C=O) groups is 2. The molecule has 0 saturated heterocycles. The molecule has 1 heterocycles. The fraction of sp³-hybridized carbons (Fsp3) is 0.258. The van der Waals surface area contributed by atoms with Gasteiger partial charge in [0.2, 0.25) is 5.91 Å². The largest absolute Gasteiger partial charge is 0.481 e. The topological polar surface area (TPSA) is 134 Å². The minimum atomic E-state index is -0.907. The molecule has 3 aromatic carbocycles. The van der Waals surface area contributed by atoms with Crippen molar-refractivity contribution in [3.05, 3.63) is 106 Å². The SMILES string of the molecule is C[C@H](C/C(=N\O)c1ccc2c(=O)n(-c3ccc(F)cc3)c(CCCCC(=O)O)nc2c1)C(=O)NCc1ccccc1. The molecule has 0 bridgehead atoms. The lowest BCUT2D eigenvalue weighted by Crippen LogP contribution is -2.30. The molecule has 1 aromatic heterocycles. The van der Waals surface area contributed by atoms with Gasteiger partial charge in [0.1, 0.15) is 11.6 Å². The molecule has 1 amide bonds. The molecule has 4 rings (SSSR count). The maximum atomic E-state index is 13.6. The summed E-state index contributed by atoms with van der Waals surface area (Å²) in [5.41, 5.74) is 2.18. The number of aliphatic carboxylic acids is 1. The molecular weight excluding hydrogens is 527 g/mol. The lowest BCUT2D eigenvalue weighted by atomic mass is 9.97. The first-order valence-corrected chi connectivity index (χ1v) is 13.3. The number of nitrogens with one attached hydrogen (secondary N) is 1. The zero-order valence-corrected chi connectivity index (χ0v) is 22.6. The van der Waals surface area contributed by atoms with Crippen LogP contribution in [0.5, 0.6) is 0 Å². The Labute approximate surface area is 236 Å². The van der Waals surface area contributed by atoms with E-state index in [1.807, 2.05) is 30.3 Å². The monoisotopic (exact) mass is 558 g/mol. The Hall–Kier alpha value is -4.86. The summed E-state index contributed by atoms with van der Waals surface area (Å²) in [6, 6.07) is 19.9. The van der Waals surface area contributed by atoms with E-state index in [9.17, 15) is 24.0 Å². The first kappa shape index (κ1) is 29.1. The van der Waals surface area contributed by atoms with Crippen molar-refractivity contribution in [2.45, 2.75) is 45.6 Å². The number of carbonyl (C=O) groups excluding carboxylic acids is 1. The van der Waals surface area contributed by atoms with Gasteiger partial charge in [-0.1, -0.05) is 48.5 Å². The summed E-state index contributed by atoms with van der Waals surface area (Å²) < 4.78 is 15.0. The molecule has 0 radical (unpaired) electrons. The van der Waals surface area contributed by atoms with Crippen LogP contribution in [0.2, 0.25) is 0 Å². The molecule has 4 aromatic rings. The number of amides is 1. The third kappa shape index (κ3) is 7.42. The van der Waals surface area contributed by atoms with E-state index >= 15 is 0 Å². The molecule has 0 fully saturated rings. The Balaban J connectivity index is 1.60. The number of oxime groups is 1. The van der Waals surface area contributed by atoms with Gasteiger partial charge >= 0.3 is 5.97 Å². The number of halogens is 1. The van der Waals surface area contributed by atoms with Gasteiger partial charge in [0.25, 0.3) is 5.56 Å². The van der Waals surface area contributed by atoms with Crippen LogP contribution in [0.4, 0.5) is 4.39 Å². The number of benzene rings is 3. The molecule has 10 heteroatoms. The van der Waals surface area contributed by atoms with Gasteiger partial charge in [0.15, 0.2) is 0 Å². The maximum Gasteiger partial charge on any atom is 0.303 e. The molecule has 0 aliphatic rings. The van der Waals surface area contributed by atoms with Gasteiger partial charge in [0.05, 0.1) is 22.3 Å². The van der Waals surface area contributed by atoms with Crippen LogP contribution in [0.15, 0.2) is 82.7 Å². The Morgan fingerprint density at radius 3 is 2.46 bits per heavy atom. The number of carboxylic acids is 1. The predicted octanol–water partition coefficient (Wildman–Crippen LogP) is 4.84. The molecule has 41 heavy (non-hydrogen) atoms. The van der Waals surface area contributed by atoms with E-state index in [0.29, 0.717) is 53.8 Å². The van der Waals surface area contributed by atoms with Crippen LogP contribution in [-0.4, -0.2) is 37.5 Å². The Kier molecular flexibility index (Phi) is 9.57. The second-order valence-electron chi connectivity index (χ2n) is 9.83. The third-order valence-electron chi connectivity index (χ3n) is 6.78. The van der Waals surface area contributed by atoms with Crippen molar-refractivity contribution in [3.8, 4) is 5.69 Å². The second-order valence-corrected chi connectivity index (χ2v) is 9.83. The molecule has 1 atom stereocenters. The minimum absolute atomic E-state index is 0.00799. The molecule has 212 valence electrons. The average molecular weight is 559 g/mol. The summed E-state index contributed by atoms with van der Waals surface area (Å²) in [7, 11) is 0. The van der Waals surface area contributed by atoms with Gasteiger partial charge in [-0.3, -0.25) is 19.0 Å². The zero-order chi connectivity index (χ0) is 29.4. The zero-order valence-electron chi connectivity index (χ0n) is 22.6. The number of nitrogens with zero attached hydrogens (tertiary/aromatic N) is 3. The van der Waals surface area contributed by atoms with Crippen molar-refractivity contribution in [3.63, 3.8) is 0 Å². The van der Waals surface area contributed by atoms with E-state index in [0.717, 1.165) is 5.56 Å². The fourth-order valence-corrected chi connectivity index (χ4v) is 4.55. The van der Waals surface area contributed by atoms with Gasteiger partial charge in [-0.2, -0.15) is 0 Å². The van der Waals surface area contributed by atoms with E-state index in [2.05, 4.69) is 10.5 Å². The van der Waals surface area contributed by atoms with Gasteiger partial charge < -0.3 is 15.6 Å². The normalized spacial score (nSPS) is 12.3. The molecule has 9 nitrogen and oxygen atoms in total. The molecule has 0 spiro atoms. The predicted molar refractivity (Wildman–Crippen MR) is 153 cm³/mol. The molecule has 3 N–H and O–H groups in total. The van der Waals surface area contributed by atoms with Crippen molar-refractivity contribution in [2.24, 2.45) is 11.1 Å². The van der Waals surface area contributed by atoms with E-state index < -0.39 is 17.7 Å². The van der Waals surface area contributed by atoms with E-state index in [4.69, 9.17) is 10.1 Å². The summed E-state index contributed by atoms with van der Waals surface area (Å²) in [5.74, 6) is -1.64. The number of fused-ring (bicyclic) bond motifs is 1. The van der Waals surface area contributed by atoms with Gasteiger partial charge in [-0.15, -0.1) is 0 Å². The summed E-state index contributed by atoms with van der Waals surface area (Å²) >= 11 is 0. The van der Waals surface area contributed by atoms with Crippen LogP contribution >= 0.6 is 0 Å².